The highest BCUT2D eigenvalue weighted by Crippen LogP contribution is 2.41. The Kier molecular flexibility index (Phi) is 4.02. The smallest absolute Gasteiger partial charge is 0.138 e. The van der Waals surface area contributed by atoms with Gasteiger partial charge in [-0.2, -0.15) is 5.10 Å². The number of hydrogen-bond acceptors (Lipinski definition) is 4. The maximum Gasteiger partial charge on any atom is 0.138 e. The Labute approximate surface area is 109 Å². The van der Waals surface area contributed by atoms with Crippen molar-refractivity contribution in [1.29, 1.82) is 0 Å². The van der Waals surface area contributed by atoms with Gasteiger partial charge in [-0.25, -0.2) is 9.67 Å². The van der Waals surface area contributed by atoms with Crippen LogP contribution in [0.15, 0.2) is 6.33 Å². The van der Waals surface area contributed by atoms with Crippen molar-refractivity contribution >= 4 is 0 Å². The van der Waals surface area contributed by atoms with E-state index in [2.05, 4.69) is 36.3 Å². The molecule has 5 heteroatoms. The van der Waals surface area contributed by atoms with Crippen molar-refractivity contribution < 1.29 is 0 Å². The minimum Gasteiger partial charge on any atom is -0.271 e. The predicted octanol–water partition coefficient (Wildman–Crippen LogP) is 1.81. The third-order valence-electron chi connectivity index (χ3n) is 4.31. The van der Waals surface area contributed by atoms with E-state index in [4.69, 9.17) is 5.84 Å². The Morgan fingerprint density at radius 3 is 2.67 bits per heavy atom. The topological polar surface area (TPSA) is 68.8 Å². The molecule has 0 aliphatic heterocycles. The molecule has 1 aliphatic carbocycles. The summed E-state index contributed by atoms with van der Waals surface area (Å²) in [7, 11) is 0. The van der Waals surface area contributed by atoms with Gasteiger partial charge in [0.05, 0.1) is 0 Å². The zero-order chi connectivity index (χ0) is 13.2. The van der Waals surface area contributed by atoms with E-state index in [1.165, 1.54) is 25.7 Å². The molecule has 102 valence electrons. The average Bonchev–Trinajstić information content (AvgIpc) is 2.95. The van der Waals surface area contributed by atoms with Gasteiger partial charge in [-0.15, -0.1) is 0 Å². The first kappa shape index (κ1) is 13.5. The molecule has 0 radical (unpaired) electrons. The van der Waals surface area contributed by atoms with E-state index in [-0.39, 0.29) is 6.04 Å². The minimum absolute atomic E-state index is 0.279. The molecule has 1 unspecified atom stereocenters. The average molecular weight is 251 g/mol. The van der Waals surface area contributed by atoms with Crippen molar-refractivity contribution in [2.45, 2.75) is 65.0 Å². The van der Waals surface area contributed by atoms with Gasteiger partial charge < -0.3 is 0 Å². The second-order valence-corrected chi connectivity index (χ2v) is 6.00. The molecule has 0 amide bonds. The largest absolute Gasteiger partial charge is 0.271 e. The summed E-state index contributed by atoms with van der Waals surface area (Å²) < 4.78 is 1.99. The number of nitrogens with zero attached hydrogens (tertiary/aromatic N) is 3. The molecule has 1 heterocycles. The van der Waals surface area contributed by atoms with Gasteiger partial charge in [0.1, 0.15) is 12.2 Å². The van der Waals surface area contributed by atoms with Crippen molar-refractivity contribution in [2.75, 3.05) is 0 Å². The van der Waals surface area contributed by atoms with Gasteiger partial charge in [0.2, 0.25) is 0 Å². The first-order valence-corrected chi connectivity index (χ1v) is 6.91. The summed E-state index contributed by atoms with van der Waals surface area (Å²) in [6.07, 6.45) is 7.61. The number of nitrogens with one attached hydrogen (secondary N) is 1. The van der Waals surface area contributed by atoms with Gasteiger partial charge in [-0.1, -0.05) is 19.8 Å². The molecule has 1 saturated carbocycles. The van der Waals surface area contributed by atoms with Crippen LogP contribution in [0.3, 0.4) is 0 Å². The van der Waals surface area contributed by atoms with Crippen LogP contribution in [0.2, 0.25) is 0 Å². The maximum absolute atomic E-state index is 5.77. The van der Waals surface area contributed by atoms with Crippen LogP contribution < -0.4 is 11.3 Å². The molecule has 0 saturated heterocycles. The number of aromatic nitrogens is 3. The molecule has 5 nitrogen and oxygen atoms in total. The van der Waals surface area contributed by atoms with Crippen LogP contribution in [0, 0.1) is 5.41 Å². The second kappa shape index (κ2) is 5.36. The van der Waals surface area contributed by atoms with Gasteiger partial charge in [0.15, 0.2) is 0 Å². The van der Waals surface area contributed by atoms with Crippen LogP contribution >= 0.6 is 0 Å². The van der Waals surface area contributed by atoms with E-state index in [0.717, 1.165) is 12.2 Å². The third-order valence-corrected chi connectivity index (χ3v) is 4.31. The lowest BCUT2D eigenvalue weighted by molar-refractivity contribution is 0.216. The quantitative estimate of drug-likeness (QED) is 0.618. The van der Waals surface area contributed by atoms with Gasteiger partial charge in [-0.3, -0.25) is 11.3 Å². The fraction of sp³-hybridized carbons (Fsp3) is 0.846. The number of rotatable bonds is 5. The highest BCUT2D eigenvalue weighted by Gasteiger charge is 2.37. The first-order chi connectivity index (χ1) is 8.57. The SMILES string of the molecule is CC(C)n1ncnc1CC(NN)C1(C)CCCC1. The molecule has 1 aromatic heterocycles. The molecule has 0 spiro atoms. The van der Waals surface area contributed by atoms with Crippen LogP contribution in [-0.4, -0.2) is 20.8 Å². The molecule has 3 N–H and O–H groups in total. The molecule has 0 aromatic carbocycles. The highest BCUT2D eigenvalue weighted by atomic mass is 15.3. The Bertz CT molecular complexity index is 378. The van der Waals surface area contributed by atoms with Crippen molar-refractivity contribution in [3.63, 3.8) is 0 Å². The van der Waals surface area contributed by atoms with Crippen molar-refractivity contribution in [1.82, 2.24) is 20.2 Å². The standard InChI is InChI=1S/C13H25N5/c1-10(2)18-12(15-9-16-18)8-11(17-14)13(3)6-4-5-7-13/h9-11,17H,4-8,14H2,1-3H3. The fourth-order valence-corrected chi connectivity index (χ4v) is 3.07. The van der Waals surface area contributed by atoms with E-state index < -0.39 is 0 Å². The second-order valence-electron chi connectivity index (χ2n) is 6.00. The summed E-state index contributed by atoms with van der Waals surface area (Å²) in [4.78, 5) is 4.38. The lowest BCUT2D eigenvalue weighted by Crippen LogP contribution is -2.47. The van der Waals surface area contributed by atoms with Gasteiger partial charge in [0.25, 0.3) is 0 Å². The lowest BCUT2D eigenvalue weighted by Gasteiger charge is -2.33. The third kappa shape index (κ3) is 2.57. The van der Waals surface area contributed by atoms with Crippen LogP contribution in [0.25, 0.3) is 0 Å². The summed E-state index contributed by atoms with van der Waals surface area (Å²) in [5, 5.41) is 4.29. The van der Waals surface area contributed by atoms with Crippen LogP contribution in [0.1, 0.15) is 58.3 Å². The van der Waals surface area contributed by atoms with Crippen LogP contribution in [-0.2, 0) is 6.42 Å². The Morgan fingerprint density at radius 1 is 1.44 bits per heavy atom. The van der Waals surface area contributed by atoms with Crippen LogP contribution in [0.4, 0.5) is 0 Å². The van der Waals surface area contributed by atoms with E-state index in [9.17, 15) is 0 Å². The summed E-state index contributed by atoms with van der Waals surface area (Å²) in [6, 6.07) is 0.624. The van der Waals surface area contributed by atoms with E-state index >= 15 is 0 Å². The Morgan fingerprint density at radius 2 is 2.11 bits per heavy atom. The molecule has 1 aromatic rings. The zero-order valence-electron chi connectivity index (χ0n) is 11.7. The monoisotopic (exact) mass is 251 g/mol. The maximum atomic E-state index is 5.77. The molecule has 0 bridgehead atoms. The normalized spacial score (nSPS) is 20.5. The van der Waals surface area contributed by atoms with Crippen molar-refractivity contribution in [3.8, 4) is 0 Å². The zero-order valence-corrected chi connectivity index (χ0v) is 11.7. The summed E-state index contributed by atoms with van der Waals surface area (Å²) in [5.41, 5.74) is 3.30. The molecule has 1 atom stereocenters. The molecule has 1 aliphatic rings. The fourth-order valence-electron chi connectivity index (χ4n) is 3.07. The molecule has 18 heavy (non-hydrogen) atoms. The Balaban J connectivity index is 2.12. The van der Waals surface area contributed by atoms with Crippen molar-refractivity contribution in [3.05, 3.63) is 12.2 Å². The molecular weight excluding hydrogens is 226 g/mol. The minimum atomic E-state index is 0.279. The van der Waals surface area contributed by atoms with Gasteiger partial charge >= 0.3 is 0 Å². The van der Waals surface area contributed by atoms with Gasteiger partial charge in [0, 0.05) is 18.5 Å². The number of hydrogen-bond donors (Lipinski definition) is 2. The molecule has 2 rings (SSSR count). The van der Waals surface area contributed by atoms with E-state index in [1.54, 1.807) is 6.33 Å². The van der Waals surface area contributed by atoms with Crippen LogP contribution in [0.5, 0.6) is 0 Å². The highest BCUT2D eigenvalue weighted by molar-refractivity contribution is 4.98. The van der Waals surface area contributed by atoms with E-state index in [0.29, 0.717) is 11.5 Å². The predicted molar refractivity (Wildman–Crippen MR) is 71.8 cm³/mol. The lowest BCUT2D eigenvalue weighted by atomic mass is 9.79. The number of nitrogens with two attached hydrogens (primary N) is 1. The van der Waals surface area contributed by atoms with E-state index in [1.807, 2.05) is 4.68 Å². The molecule has 1 fully saturated rings. The summed E-state index contributed by atoms with van der Waals surface area (Å²) in [6.45, 7) is 6.58. The van der Waals surface area contributed by atoms with Gasteiger partial charge in [-0.05, 0) is 32.1 Å². The Hall–Kier alpha value is -0.940. The molecular formula is C13H25N5. The number of hydrazine groups is 1. The summed E-state index contributed by atoms with van der Waals surface area (Å²) >= 11 is 0. The summed E-state index contributed by atoms with van der Waals surface area (Å²) in [5.74, 6) is 6.80. The first-order valence-electron chi connectivity index (χ1n) is 6.91. The van der Waals surface area contributed by atoms with Crippen molar-refractivity contribution in [2.24, 2.45) is 11.3 Å².